The standard InChI is InChI=1S/C11H12N4O2S/c1-13-7(16)5-15-10(17)9-8(12)6-3-2-4-14-11(6)18-9/h2-4H,5,12H2,1H3,(H,13,16)(H,15,17). The molecule has 0 aliphatic heterocycles. The van der Waals surface area contributed by atoms with Crippen LogP contribution in [0.25, 0.3) is 10.2 Å². The lowest BCUT2D eigenvalue weighted by molar-refractivity contribution is -0.119. The van der Waals surface area contributed by atoms with Crippen LogP contribution in [0.4, 0.5) is 5.69 Å². The number of nitrogens with one attached hydrogen (secondary N) is 2. The first kappa shape index (κ1) is 12.3. The summed E-state index contributed by atoms with van der Waals surface area (Å²) in [5.41, 5.74) is 6.29. The van der Waals surface area contributed by atoms with Crippen molar-refractivity contribution < 1.29 is 9.59 Å². The predicted molar refractivity (Wildman–Crippen MR) is 70.4 cm³/mol. The number of amides is 2. The zero-order chi connectivity index (χ0) is 13.1. The summed E-state index contributed by atoms with van der Waals surface area (Å²) in [4.78, 5) is 28.1. The number of nitrogen functional groups attached to an aromatic ring is 1. The molecule has 0 aromatic carbocycles. The average Bonchev–Trinajstić information content (AvgIpc) is 2.73. The Morgan fingerprint density at radius 3 is 2.94 bits per heavy atom. The van der Waals surface area contributed by atoms with Crippen LogP contribution >= 0.6 is 11.3 Å². The molecule has 0 radical (unpaired) electrons. The van der Waals surface area contributed by atoms with Crippen molar-refractivity contribution in [2.24, 2.45) is 0 Å². The lowest BCUT2D eigenvalue weighted by Gasteiger charge is -2.02. The largest absolute Gasteiger partial charge is 0.397 e. The summed E-state index contributed by atoms with van der Waals surface area (Å²) in [5, 5.41) is 5.68. The van der Waals surface area contributed by atoms with E-state index >= 15 is 0 Å². The molecule has 2 amide bonds. The molecular formula is C11H12N4O2S. The Kier molecular flexibility index (Phi) is 3.42. The molecule has 2 rings (SSSR count). The van der Waals surface area contributed by atoms with Crippen LogP contribution in [0.15, 0.2) is 18.3 Å². The highest BCUT2D eigenvalue weighted by Crippen LogP contribution is 2.31. The third-order valence-corrected chi connectivity index (χ3v) is 3.53. The number of anilines is 1. The van der Waals surface area contributed by atoms with Crippen molar-refractivity contribution in [3.63, 3.8) is 0 Å². The van der Waals surface area contributed by atoms with Crippen molar-refractivity contribution in [3.05, 3.63) is 23.2 Å². The second-order valence-electron chi connectivity index (χ2n) is 3.56. The minimum atomic E-state index is -0.362. The van der Waals surface area contributed by atoms with Crippen molar-refractivity contribution >= 4 is 39.1 Å². The Balaban J connectivity index is 2.23. The highest BCUT2D eigenvalue weighted by molar-refractivity contribution is 7.21. The number of carbonyl (C=O) groups is 2. The first-order valence-electron chi connectivity index (χ1n) is 5.25. The summed E-state index contributed by atoms with van der Waals surface area (Å²) in [6.07, 6.45) is 1.64. The molecule has 0 saturated carbocycles. The van der Waals surface area contributed by atoms with Gasteiger partial charge in [0.25, 0.3) is 5.91 Å². The quantitative estimate of drug-likeness (QED) is 0.745. The van der Waals surface area contributed by atoms with Crippen LogP contribution in [0.3, 0.4) is 0 Å². The molecule has 0 fully saturated rings. The highest BCUT2D eigenvalue weighted by Gasteiger charge is 2.16. The third-order valence-electron chi connectivity index (χ3n) is 2.40. The molecule has 94 valence electrons. The van der Waals surface area contributed by atoms with Gasteiger partial charge >= 0.3 is 0 Å². The molecule has 0 spiro atoms. The van der Waals surface area contributed by atoms with Crippen molar-refractivity contribution in [3.8, 4) is 0 Å². The first-order valence-corrected chi connectivity index (χ1v) is 6.07. The van der Waals surface area contributed by atoms with E-state index in [4.69, 9.17) is 5.73 Å². The van der Waals surface area contributed by atoms with Gasteiger partial charge in [0.1, 0.15) is 9.71 Å². The number of thiophene rings is 1. The Bertz CT molecular complexity index is 608. The van der Waals surface area contributed by atoms with E-state index in [0.29, 0.717) is 15.4 Å². The van der Waals surface area contributed by atoms with Crippen molar-refractivity contribution in [2.45, 2.75) is 0 Å². The number of likely N-dealkylation sites (N-methyl/N-ethyl adjacent to an activating group) is 1. The van der Waals surface area contributed by atoms with Gasteiger partial charge in [0.05, 0.1) is 12.2 Å². The lowest BCUT2D eigenvalue weighted by Crippen LogP contribution is -2.35. The van der Waals surface area contributed by atoms with E-state index in [9.17, 15) is 9.59 Å². The molecule has 0 unspecified atom stereocenters. The molecule has 6 nitrogen and oxygen atoms in total. The molecule has 18 heavy (non-hydrogen) atoms. The van der Waals surface area contributed by atoms with Crippen LogP contribution in [-0.4, -0.2) is 30.4 Å². The third kappa shape index (κ3) is 2.25. The van der Waals surface area contributed by atoms with Crippen LogP contribution in [0, 0.1) is 0 Å². The van der Waals surface area contributed by atoms with E-state index in [1.54, 1.807) is 12.3 Å². The van der Waals surface area contributed by atoms with Gasteiger partial charge in [0.2, 0.25) is 5.91 Å². The van der Waals surface area contributed by atoms with Gasteiger partial charge in [-0.1, -0.05) is 0 Å². The number of fused-ring (bicyclic) bond motifs is 1. The minimum Gasteiger partial charge on any atom is -0.397 e. The van der Waals surface area contributed by atoms with E-state index in [-0.39, 0.29) is 18.4 Å². The zero-order valence-corrected chi connectivity index (χ0v) is 10.5. The molecule has 2 heterocycles. The maximum atomic E-state index is 11.9. The number of aromatic nitrogens is 1. The van der Waals surface area contributed by atoms with Crippen LogP contribution in [0.1, 0.15) is 9.67 Å². The van der Waals surface area contributed by atoms with E-state index in [2.05, 4.69) is 15.6 Å². The second kappa shape index (κ2) is 5.01. The topological polar surface area (TPSA) is 97.1 Å². The van der Waals surface area contributed by atoms with E-state index in [0.717, 1.165) is 5.39 Å². The molecule has 0 atom stereocenters. The molecular weight excluding hydrogens is 252 g/mol. The smallest absolute Gasteiger partial charge is 0.264 e. The molecule has 0 saturated heterocycles. The van der Waals surface area contributed by atoms with Gasteiger partial charge in [-0.2, -0.15) is 0 Å². The van der Waals surface area contributed by atoms with Gasteiger partial charge in [-0.15, -0.1) is 11.3 Å². The Hall–Kier alpha value is -2.15. The predicted octanol–water partition coefficient (Wildman–Crippen LogP) is 0.354. The Morgan fingerprint density at radius 2 is 2.28 bits per heavy atom. The number of nitrogens with two attached hydrogens (primary N) is 1. The Morgan fingerprint density at radius 1 is 1.50 bits per heavy atom. The van der Waals surface area contributed by atoms with Crippen LogP contribution in [0.5, 0.6) is 0 Å². The van der Waals surface area contributed by atoms with Crippen molar-refractivity contribution in [2.75, 3.05) is 19.3 Å². The molecule has 0 aliphatic carbocycles. The Labute approximate surface area is 107 Å². The highest BCUT2D eigenvalue weighted by atomic mass is 32.1. The molecule has 0 aliphatic rings. The summed E-state index contributed by atoms with van der Waals surface area (Å²) in [5.74, 6) is -0.625. The second-order valence-corrected chi connectivity index (χ2v) is 4.56. The number of rotatable bonds is 3. The molecule has 0 bridgehead atoms. The summed E-state index contributed by atoms with van der Waals surface area (Å²) in [7, 11) is 1.51. The maximum absolute atomic E-state index is 11.9. The fourth-order valence-electron chi connectivity index (χ4n) is 1.45. The van der Waals surface area contributed by atoms with Crippen molar-refractivity contribution in [1.82, 2.24) is 15.6 Å². The molecule has 7 heteroatoms. The van der Waals surface area contributed by atoms with E-state index in [1.165, 1.54) is 18.4 Å². The number of hydrogen-bond acceptors (Lipinski definition) is 5. The lowest BCUT2D eigenvalue weighted by atomic mass is 10.2. The number of pyridine rings is 1. The summed E-state index contributed by atoms with van der Waals surface area (Å²) < 4.78 is 0. The molecule has 2 aromatic heterocycles. The van der Waals surface area contributed by atoms with Crippen LogP contribution in [-0.2, 0) is 4.79 Å². The minimum absolute atomic E-state index is 0.0730. The summed E-state index contributed by atoms with van der Waals surface area (Å²) >= 11 is 1.21. The van der Waals surface area contributed by atoms with Gasteiger partial charge in [-0.3, -0.25) is 9.59 Å². The van der Waals surface area contributed by atoms with Gasteiger partial charge in [-0.25, -0.2) is 4.98 Å². The zero-order valence-electron chi connectivity index (χ0n) is 9.69. The van der Waals surface area contributed by atoms with E-state index < -0.39 is 0 Å². The fraction of sp³-hybridized carbons (Fsp3) is 0.182. The summed E-state index contributed by atoms with van der Waals surface area (Å²) in [6, 6.07) is 3.57. The number of nitrogens with zero attached hydrogens (tertiary/aromatic N) is 1. The number of hydrogen-bond donors (Lipinski definition) is 3. The fourth-order valence-corrected chi connectivity index (χ4v) is 2.43. The van der Waals surface area contributed by atoms with Gasteiger partial charge in [0, 0.05) is 18.6 Å². The number of carbonyl (C=O) groups excluding carboxylic acids is 2. The van der Waals surface area contributed by atoms with E-state index in [1.807, 2.05) is 6.07 Å². The van der Waals surface area contributed by atoms with Crippen LogP contribution < -0.4 is 16.4 Å². The van der Waals surface area contributed by atoms with Gasteiger partial charge in [0.15, 0.2) is 0 Å². The van der Waals surface area contributed by atoms with Gasteiger partial charge in [-0.05, 0) is 12.1 Å². The first-order chi connectivity index (χ1) is 8.63. The molecule has 4 N–H and O–H groups in total. The molecule has 2 aromatic rings. The van der Waals surface area contributed by atoms with Crippen molar-refractivity contribution in [1.29, 1.82) is 0 Å². The normalized spacial score (nSPS) is 10.3. The maximum Gasteiger partial charge on any atom is 0.264 e. The monoisotopic (exact) mass is 264 g/mol. The summed E-state index contributed by atoms with van der Waals surface area (Å²) in [6.45, 7) is -0.0730. The SMILES string of the molecule is CNC(=O)CNC(=O)c1sc2ncccc2c1N. The van der Waals surface area contributed by atoms with Gasteiger partial charge < -0.3 is 16.4 Å². The van der Waals surface area contributed by atoms with Crippen LogP contribution in [0.2, 0.25) is 0 Å². The average molecular weight is 264 g/mol.